The summed E-state index contributed by atoms with van der Waals surface area (Å²) >= 11 is 0. The van der Waals surface area contributed by atoms with E-state index < -0.39 is 21.9 Å². The molecule has 1 aromatic rings. The Kier molecular flexibility index (Phi) is 4.35. The number of amides is 2. The van der Waals surface area contributed by atoms with Gasteiger partial charge in [-0.15, -0.1) is 0 Å². The van der Waals surface area contributed by atoms with Gasteiger partial charge in [-0.2, -0.15) is 0 Å². The lowest BCUT2D eigenvalue weighted by Gasteiger charge is -2.14. The monoisotopic (exact) mass is 289 g/mol. The van der Waals surface area contributed by atoms with Crippen LogP contribution in [0.15, 0.2) is 11.0 Å². The highest BCUT2D eigenvalue weighted by atomic mass is 32.2. The number of nitrogen functional groups attached to an aromatic ring is 1. The number of carbonyl (C=O) groups is 1. The lowest BCUT2D eigenvalue weighted by atomic mass is 10.1. The van der Waals surface area contributed by atoms with E-state index in [0.717, 1.165) is 6.07 Å². The molecule has 0 radical (unpaired) electrons. The first-order chi connectivity index (χ1) is 8.70. The number of nitrogens with one attached hydrogen (secondary N) is 2. The fourth-order valence-corrected chi connectivity index (χ4v) is 3.13. The quantitative estimate of drug-likeness (QED) is 0.723. The van der Waals surface area contributed by atoms with Crippen molar-refractivity contribution in [1.29, 1.82) is 0 Å². The molecule has 0 saturated heterocycles. The summed E-state index contributed by atoms with van der Waals surface area (Å²) in [6.07, 6.45) is 0. The van der Waals surface area contributed by atoms with Gasteiger partial charge in [-0.25, -0.2) is 22.3 Å². The molecule has 106 valence electrons. The van der Waals surface area contributed by atoms with Crippen LogP contribution in [0.25, 0.3) is 0 Å². The van der Waals surface area contributed by atoms with Gasteiger partial charge in [0.05, 0.1) is 10.6 Å². The number of anilines is 1. The first-order valence-corrected chi connectivity index (χ1v) is 7.04. The summed E-state index contributed by atoms with van der Waals surface area (Å²) in [4.78, 5) is 11.1. The van der Waals surface area contributed by atoms with Crippen molar-refractivity contribution >= 4 is 21.7 Å². The molecule has 19 heavy (non-hydrogen) atoms. The van der Waals surface area contributed by atoms with Crippen LogP contribution in [0.3, 0.4) is 0 Å². The number of halogens is 1. The van der Waals surface area contributed by atoms with E-state index in [1.807, 2.05) is 4.72 Å². The van der Waals surface area contributed by atoms with E-state index in [1.54, 1.807) is 6.92 Å². The van der Waals surface area contributed by atoms with Gasteiger partial charge in [0.1, 0.15) is 5.82 Å². The van der Waals surface area contributed by atoms with Crippen molar-refractivity contribution in [1.82, 2.24) is 10.0 Å². The smallest absolute Gasteiger partial charge is 0.328 e. The predicted octanol–water partition coefficient (Wildman–Crippen LogP) is 1.03. The van der Waals surface area contributed by atoms with Gasteiger partial charge in [0.15, 0.2) is 0 Å². The number of hydrogen-bond acceptors (Lipinski definition) is 4. The molecule has 1 aromatic carbocycles. The van der Waals surface area contributed by atoms with Crippen molar-refractivity contribution in [2.45, 2.75) is 25.7 Å². The minimum Gasteiger partial charge on any atom is -0.396 e. The molecule has 0 saturated carbocycles. The van der Waals surface area contributed by atoms with Crippen LogP contribution in [-0.2, 0) is 10.0 Å². The van der Waals surface area contributed by atoms with Gasteiger partial charge in [0, 0.05) is 6.54 Å². The molecule has 6 nitrogen and oxygen atoms in total. The van der Waals surface area contributed by atoms with Crippen molar-refractivity contribution < 1.29 is 17.6 Å². The molecule has 0 aliphatic heterocycles. The maximum atomic E-state index is 13.4. The maximum Gasteiger partial charge on any atom is 0.328 e. The molecule has 0 bridgehead atoms. The van der Waals surface area contributed by atoms with Crippen molar-refractivity contribution in [3.8, 4) is 0 Å². The number of benzene rings is 1. The van der Waals surface area contributed by atoms with Gasteiger partial charge >= 0.3 is 6.03 Å². The van der Waals surface area contributed by atoms with Gasteiger partial charge in [0.2, 0.25) is 0 Å². The highest BCUT2D eigenvalue weighted by Crippen LogP contribution is 2.27. The van der Waals surface area contributed by atoms with E-state index in [9.17, 15) is 17.6 Å². The Morgan fingerprint density at radius 3 is 2.53 bits per heavy atom. The third-order valence-corrected chi connectivity index (χ3v) is 4.16. The minimum atomic E-state index is -4.09. The molecule has 4 N–H and O–H groups in total. The molecular weight excluding hydrogens is 273 g/mol. The van der Waals surface area contributed by atoms with E-state index in [-0.39, 0.29) is 28.3 Å². The van der Waals surface area contributed by atoms with Crippen molar-refractivity contribution in [2.75, 3.05) is 12.3 Å². The van der Waals surface area contributed by atoms with E-state index in [1.165, 1.54) is 13.8 Å². The average molecular weight is 289 g/mol. The number of hydrogen-bond donors (Lipinski definition) is 3. The zero-order chi connectivity index (χ0) is 14.8. The second-order valence-electron chi connectivity index (χ2n) is 4.01. The molecule has 0 fully saturated rings. The van der Waals surface area contributed by atoms with E-state index >= 15 is 0 Å². The van der Waals surface area contributed by atoms with E-state index in [2.05, 4.69) is 5.32 Å². The molecule has 8 heteroatoms. The standard InChI is InChI=1S/C11H16FN3O3S/c1-4-14-11(16)15-19(17,18)10-6(2)5-8(12)9(13)7(10)3/h5H,4,13H2,1-3H3,(H2,14,15,16). The minimum absolute atomic E-state index is 0.0781. The molecule has 0 unspecified atom stereocenters. The largest absolute Gasteiger partial charge is 0.396 e. The topological polar surface area (TPSA) is 101 Å². The number of rotatable bonds is 3. The molecule has 1 rings (SSSR count). The van der Waals surface area contributed by atoms with Gasteiger partial charge in [-0.05, 0) is 38.0 Å². The van der Waals surface area contributed by atoms with Crippen molar-refractivity contribution in [3.63, 3.8) is 0 Å². The van der Waals surface area contributed by atoms with Gasteiger partial charge in [-0.3, -0.25) is 0 Å². The van der Waals surface area contributed by atoms with Gasteiger partial charge in [0.25, 0.3) is 10.0 Å². The summed E-state index contributed by atoms with van der Waals surface area (Å²) in [6.45, 7) is 4.75. The van der Waals surface area contributed by atoms with Crippen LogP contribution >= 0.6 is 0 Å². The van der Waals surface area contributed by atoms with Crippen LogP contribution in [0.2, 0.25) is 0 Å². The van der Waals surface area contributed by atoms with Crippen LogP contribution in [0, 0.1) is 19.7 Å². The number of aryl methyl sites for hydroxylation is 1. The molecule has 0 aromatic heterocycles. The maximum absolute atomic E-state index is 13.4. The number of nitrogens with two attached hydrogens (primary N) is 1. The van der Waals surface area contributed by atoms with Crippen LogP contribution in [0.5, 0.6) is 0 Å². The molecule has 0 spiro atoms. The first-order valence-electron chi connectivity index (χ1n) is 5.56. The molecular formula is C11H16FN3O3S. The third-order valence-electron chi connectivity index (χ3n) is 2.54. The molecule has 0 aliphatic rings. The van der Waals surface area contributed by atoms with Crippen molar-refractivity contribution in [2.24, 2.45) is 0 Å². The highest BCUT2D eigenvalue weighted by Gasteiger charge is 2.24. The van der Waals surface area contributed by atoms with Gasteiger partial charge in [-0.1, -0.05) is 0 Å². The molecule has 2 amide bonds. The Balaban J connectivity index is 3.30. The first kappa shape index (κ1) is 15.2. The molecule has 0 aliphatic carbocycles. The fraction of sp³-hybridized carbons (Fsp3) is 0.364. The second kappa shape index (κ2) is 5.43. The van der Waals surface area contributed by atoms with Crippen LogP contribution in [-0.4, -0.2) is 21.0 Å². The average Bonchev–Trinajstić information content (AvgIpc) is 2.24. The van der Waals surface area contributed by atoms with E-state index in [0.29, 0.717) is 0 Å². The molecule has 0 heterocycles. The summed E-state index contributed by atoms with van der Waals surface area (Å²) < 4.78 is 39.4. The Morgan fingerprint density at radius 2 is 2.00 bits per heavy atom. The van der Waals surface area contributed by atoms with Crippen LogP contribution in [0.4, 0.5) is 14.9 Å². The Hall–Kier alpha value is -1.83. The lowest BCUT2D eigenvalue weighted by molar-refractivity contribution is 0.246. The predicted molar refractivity (Wildman–Crippen MR) is 69.7 cm³/mol. The van der Waals surface area contributed by atoms with Crippen LogP contribution in [0.1, 0.15) is 18.1 Å². The zero-order valence-corrected chi connectivity index (χ0v) is 11.7. The number of sulfonamides is 1. The Bertz CT molecular complexity index is 614. The normalized spacial score (nSPS) is 11.2. The third kappa shape index (κ3) is 3.14. The van der Waals surface area contributed by atoms with Gasteiger partial charge < -0.3 is 11.1 Å². The Labute approximate surface area is 111 Å². The summed E-state index contributed by atoms with van der Waals surface area (Å²) in [5, 5.41) is 2.30. The number of urea groups is 1. The Morgan fingerprint density at radius 1 is 1.42 bits per heavy atom. The highest BCUT2D eigenvalue weighted by molar-refractivity contribution is 7.90. The summed E-state index contributed by atoms with van der Waals surface area (Å²) in [6, 6.07) is 0.179. The lowest BCUT2D eigenvalue weighted by Crippen LogP contribution is -2.39. The molecule has 0 atom stereocenters. The zero-order valence-electron chi connectivity index (χ0n) is 10.9. The van der Waals surface area contributed by atoms with Crippen molar-refractivity contribution in [3.05, 3.63) is 23.0 Å². The summed E-state index contributed by atoms with van der Waals surface area (Å²) in [7, 11) is -4.09. The fourth-order valence-electron chi connectivity index (χ4n) is 1.71. The van der Waals surface area contributed by atoms with E-state index in [4.69, 9.17) is 5.73 Å². The van der Waals surface area contributed by atoms with Crippen LogP contribution < -0.4 is 15.8 Å². The SMILES string of the molecule is CCNC(=O)NS(=O)(=O)c1c(C)cc(F)c(N)c1C. The number of carbonyl (C=O) groups excluding carboxylic acids is 1. The summed E-state index contributed by atoms with van der Waals surface area (Å²) in [5.74, 6) is -0.688. The summed E-state index contributed by atoms with van der Waals surface area (Å²) in [5.41, 5.74) is 5.48. The second-order valence-corrected chi connectivity index (χ2v) is 5.63.